The van der Waals surface area contributed by atoms with Crippen molar-refractivity contribution >= 4 is 0 Å². The number of para-hydroxylation sites is 1. The van der Waals surface area contributed by atoms with Crippen molar-refractivity contribution in [2.75, 3.05) is 0 Å². The van der Waals surface area contributed by atoms with Gasteiger partial charge < -0.3 is 4.74 Å². The van der Waals surface area contributed by atoms with E-state index in [4.69, 9.17) is 4.74 Å². The third-order valence-corrected chi connectivity index (χ3v) is 5.26. The summed E-state index contributed by atoms with van der Waals surface area (Å²) in [5, 5.41) is 0. The molecule has 1 nitrogen and oxygen atoms in total. The molecule has 0 aliphatic rings. The molecule has 0 fully saturated rings. The smallest absolute Gasteiger partial charge is 0.127 e. The van der Waals surface area contributed by atoms with Crippen molar-refractivity contribution < 1.29 is 4.74 Å². The van der Waals surface area contributed by atoms with Crippen LogP contribution in [0.25, 0.3) is 0 Å². The number of benzene rings is 2. The quantitative estimate of drug-likeness (QED) is 0.435. The Labute approximate surface area is 154 Å². The Hall–Kier alpha value is -1.76. The van der Waals surface area contributed by atoms with E-state index in [0.717, 1.165) is 29.8 Å². The number of hydrogen-bond donors (Lipinski definition) is 0. The molecule has 0 radical (unpaired) electrons. The topological polar surface area (TPSA) is 9.23 Å². The van der Waals surface area contributed by atoms with Crippen LogP contribution in [-0.2, 0) is 6.42 Å². The maximum atomic E-state index is 5.99. The van der Waals surface area contributed by atoms with E-state index in [9.17, 15) is 0 Å². The van der Waals surface area contributed by atoms with Gasteiger partial charge in [0, 0.05) is 0 Å². The first-order chi connectivity index (χ1) is 12.1. The number of rotatable bonds is 10. The van der Waals surface area contributed by atoms with Crippen LogP contribution in [0.2, 0.25) is 0 Å². The van der Waals surface area contributed by atoms with Crippen LogP contribution < -0.4 is 4.74 Å². The zero-order chi connectivity index (χ0) is 18.1. The monoisotopic (exact) mass is 338 g/mol. The van der Waals surface area contributed by atoms with Gasteiger partial charge in [0.1, 0.15) is 11.5 Å². The van der Waals surface area contributed by atoms with E-state index in [-0.39, 0.29) is 0 Å². The lowest BCUT2D eigenvalue weighted by Crippen LogP contribution is -2.21. The summed E-state index contributed by atoms with van der Waals surface area (Å²) in [6.07, 6.45) is 6.37. The molecule has 0 amide bonds. The van der Waals surface area contributed by atoms with E-state index in [0.29, 0.717) is 5.92 Å². The van der Waals surface area contributed by atoms with Crippen molar-refractivity contribution in [3.63, 3.8) is 0 Å². The highest BCUT2D eigenvalue weighted by Crippen LogP contribution is 2.32. The summed E-state index contributed by atoms with van der Waals surface area (Å²) in [7, 11) is 0. The van der Waals surface area contributed by atoms with Crippen molar-refractivity contribution in [2.45, 2.75) is 59.8 Å². The second kappa shape index (κ2) is 10.3. The van der Waals surface area contributed by atoms with Gasteiger partial charge in [-0.3, -0.25) is 0 Å². The van der Waals surface area contributed by atoms with Gasteiger partial charge in [-0.1, -0.05) is 83.7 Å². The molecular formula is C24H34O. The minimum absolute atomic E-state index is 0.702. The largest absolute Gasteiger partial charge is 0.457 e. The Morgan fingerprint density at radius 3 is 2.12 bits per heavy atom. The summed E-state index contributed by atoms with van der Waals surface area (Å²) in [6.45, 7) is 9.48. The average Bonchev–Trinajstić information content (AvgIpc) is 2.61. The van der Waals surface area contributed by atoms with Crippen molar-refractivity contribution in [1.82, 2.24) is 0 Å². The summed E-state index contributed by atoms with van der Waals surface area (Å²) >= 11 is 0. The first-order valence-corrected chi connectivity index (χ1v) is 9.95. The second-order valence-electron chi connectivity index (χ2n) is 7.46. The molecule has 0 spiro atoms. The van der Waals surface area contributed by atoms with Crippen molar-refractivity contribution in [2.24, 2.45) is 17.8 Å². The predicted molar refractivity (Wildman–Crippen MR) is 108 cm³/mol. The fraction of sp³-hybridized carbons (Fsp3) is 0.500. The van der Waals surface area contributed by atoms with Crippen LogP contribution in [0.5, 0.6) is 11.5 Å². The Morgan fingerprint density at radius 2 is 1.44 bits per heavy atom. The minimum atomic E-state index is 0.702. The highest BCUT2D eigenvalue weighted by molar-refractivity contribution is 5.34. The van der Waals surface area contributed by atoms with Gasteiger partial charge in [-0.2, -0.15) is 0 Å². The zero-order valence-corrected chi connectivity index (χ0v) is 16.4. The molecule has 1 heteroatoms. The van der Waals surface area contributed by atoms with Gasteiger partial charge in [0.05, 0.1) is 0 Å². The molecule has 25 heavy (non-hydrogen) atoms. The van der Waals surface area contributed by atoms with E-state index in [1.54, 1.807) is 0 Å². The van der Waals surface area contributed by atoms with Gasteiger partial charge in [0.2, 0.25) is 0 Å². The van der Waals surface area contributed by atoms with E-state index >= 15 is 0 Å². The van der Waals surface area contributed by atoms with Crippen LogP contribution in [0.4, 0.5) is 0 Å². The molecule has 136 valence electrons. The van der Waals surface area contributed by atoms with Crippen LogP contribution >= 0.6 is 0 Å². The number of hydrogen-bond acceptors (Lipinski definition) is 1. The molecule has 2 aromatic rings. The average molecular weight is 339 g/mol. The molecule has 0 N–H and O–H groups in total. The predicted octanol–water partition coefficient (Wildman–Crippen LogP) is 7.51. The van der Waals surface area contributed by atoms with Gasteiger partial charge in [-0.15, -0.1) is 0 Å². The maximum absolute atomic E-state index is 5.99. The molecule has 3 atom stereocenters. The minimum Gasteiger partial charge on any atom is -0.457 e. The Balaban J connectivity index is 2.04. The molecule has 0 bridgehead atoms. The van der Waals surface area contributed by atoms with Gasteiger partial charge in [-0.05, 0) is 54.0 Å². The Bertz CT molecular complexity index is 605. The SMILES string of the molecule is CCCC(C)C(CCC)C(C)Cc1cccc(Oc2ccccc2)c1. The van der Waals surface area contributed by atoms with Crippen molar-refractivity contribution in [3.8, 4) is 11.5 Å². The lowest BCUT2D eigenvalue weighted by Gasteiger charge is -2.29. The summed E-state index contributed by atoms with van der Waals surface area (Å²) < 4.78 is 5.99. The molecule has 2 aromatic carbocycles. The highest BCUT2D eigenvalue weighted by atomic mass is 16.5. The summed E-state index contributed by atoms with van der Waals surface area (Å²) in [5.74, 6) is 4.15. The zero-order valence-electron chi connectivity index (χ0n) is 16.4. The molecular weight excluding hydrogens is 304 g/mol. The van der Waals surface area contributed by atoms with Crippen LogP contribution in [-0.4, -0.2) is 0 Å². The Kier molecular flexibility index (Phi) is 8.04. The standard InChI is InChI=1S/C24H34O/c1-5-11-19(3)24(12-6-2)20(4)17-21-13-10-16-23(18-21)25-22-14-8-7-9-15-22/h7-10,13-16,18-20,24H,5-6,11-12,17H2,1-4H3. The van der Waals surface area contributed by atoms with E-state index < -0.39 is 0 Å². The summed E-state index contributed by atoms with van der Waals surface area (Å²) in [4.78, 5) is 0. The molecule has 0 heterocycles. The van der Waals surface area contributed by atoms with Gasteiger partial charge in [-0.25, -0.2) is 0 Å². The van der Waals surface area contributed by atoms with E-state index in [2.05, 4.69) is 45.9 Å². The van der Waals surface area contributed by atoms with Crippen molar-refractivity contribution in [3.05, 3.63) is 60.2 Å². The molecule has 0 saturated carbocycles. The number of ether oxygens (including phenoxy) is 1. The highest BCUT2D eigenvalue weighted by Gasteiger charge is 2.22. The van der Waals surface area contributed by atoms with Gasteiger partial charge in [0.15, 0.2) is 0 Å². The van der Waals surface area contributed by atoms with Crippen LogP contribution in [0, 0.1) is 17.8 Å². The fourth-order valence-corrected chi connectivity index (χ4v) is 4.02. The molecule has 0 saturated heterocycles. The third kappa shape index (κ3) is 6.23. The van der Waals surface area contributed by atoms with Crippen LogP contribution in [0.15, 0.2) is 54.6 Å². The Morgan fingerprint density at radius 1 is 0.760 bits per heavy atom. The summed E-state index contributed by atoms with van der Waals surface area (Å²) in [5.41, 5.74) is 1.38. The van der Waals surface area contributed by atoms with Gasteiger partial charge >= 0.3 is 0 Å². The third-order valence-electron chi connectivity index (χ3n) is 5.26. The maximum Gasteiger partial charge on any atom is 0.127 e. The molecule has 0 aromatic heterocycles. The molecule has 0 aliphatic carbocycles. The van der Waals surface area contributed by atoms with E-state index in [1.807, 2.05) is 36.4 Å². The van der Waals surface area contributed by atoms with Crippen LogP contribution in [0.1, 0.15) is 58.9 Å². The molecule has 0 aliphatic heterocycles. The molecule has 3 unspecified atom stereocenters. The normalized spacial score (nSPS) is 14.7. The van der Waals surface area contributed by atoms with E-state index in [1.165, 1.54) is 31.2 Å². The second-order valence-corrected chi connectivity index (χ2v) is 7.46. The first kappa shape index (κ1) is 19.6. The van der Waals surface area contributed by atoms with Crippen molar-refractivity contribution in [1.29, 1.82) is 0 Å². The molecule has 2 rings (SSSR count). The summed E-state index contributed by atoms with van der Waals surface area (Å²) in [6, 6.07) is 18.6. The van der Waals surface area contributed by atoms with Gasteiger partial charge in [0.25, 0.3) is 0 Å². The lowest BCUT2D eigenvalue weighted by molar-refractivity contribution is 0.223. The fourth-order valence-electron chi connectivity index (χ4n) is 4.02. The van der Waals surface area contributed by atoms with Crippen LogP contribution in [0.3, 0.4) is 0 Å². The first-order valence-electron chi connectivity index (χ1n) is 9.95. The lowest BCUT2D eigenvalue weighted by atomic mass is 9.76.